The van der Waals surface area contributed by atoms with Crippen LogP contribution in [0.3, 0.4) is 0 Å². The van der Waals surface area contributed by atoms with E-state index in [2.05, 4.69) is 15.3 Å². The zero-order valence-electron chi connectivity index (χ0n) is 14.0. The topological polar surface area (TPSA) is 76.5 Å². The van der Waals surface area contributed by atoms with Crippen LogP contribution >= 0.6 is 0 Å². The first-order chi connectivity index (χ1) is 12.2. The third kappa shape index (κ3) is 4.37. The Hall–Kier alpha value is -2.93. The summed E-state index contributed by atoms with van der Waals surface area (Å²) in [6, 6.07) is 9.19. The fourth-order valence-corrected chi connectivity index (χ4v) is 2.60. The number of hydrogen-bond donors (Lipinski definition) is 1. The van der Waals surface area contributed by atoms with E-state index in [0.29, 0.717) is 0 Å². The minimum absolute atomic E-state index is 0. The van der Waals surface area contributed by atoms with Gasteiger partial charge in [0.05, 0.1) is 18.9 Å². The summed E-state index contributed by atoms with van der Waals surface area (Å²) in [5.41, 5.74) is 1.39. The molecule has 0 bridgehead atoms. The molecule has 1 aromatic carbocycles. The van der Waals surface area contributed by atoms with Gasteiger partial charge in [-0.1, -0.05) is 7.43 Å². The number of anilines is 1. The smallest absolute Gasteiger partial charge is 0.211 e. The Labute approximate surface area is 152 Å². The second-order valence-electron chi connectivity index (χ2n) is 5.58. The lowest BCUT2D eigenvalue weighted by Gasteiger charge is -2.28. The first-order valence-corrected chi connectivity index (χ1v) is 8.10. The van der Waals surface area contributed by atoms with Crippen molar-refractivity contribution < 1.29 is 9.53 Å². The van der Waals surface area contributed by atoms with E-state index in [1.807, 2.05) is 24.3 Å². The number of rotatable bonds is 5. The van der Waals surface area contributed by atoms with E-state index >= 15 is 0 Å². The van der Waals surface area contributed by atoms with Gasteiger partial charge in [0.25, 0.3) is 0 Å². The number of ketones is 1. The van der Waals surface area contributed by atoms with Gasteiger partial charge in [-0.2, -0.15) is 5.10 Å². The highest BCUT2D eigenvalue weighted by atomic mass is 16.5. The molecule has 1 fully saturated rings. The van der Waals surface area contributed by atoms with Crippen LogP contribution in [0, 0.1) is 0 Å². The fraction of sp³-hybridized carbons (Fsp3) is 0.316. The van der Waals surface area contributed by atoms with Gasteiger partial charge in [-0.15, -0.1) is 0 Å². The van der Waals surface area contributed by atoms with Crippen molar-refractivity contribution in [3.05, 3.63) is 64.7 Å². The van der Waals surface area contributed by atoms with Crippen molar-refractivity contribution in [2.75, 3.05) is 38.3 Å². The molecule has 1 aromatic heterocycles. The highest BCUT2D eigenvalue weighted by Gasteiger charge is 2.13. The van der Waals surface area contributed by atoms with Crippen LogP contribution in [0.2, 0.25) is 0 Å². The van der Waals surface area contributed by atoms with Crippen molar-refractivity contribution in [1.82, 2.24) is 15.1 Å². The van der Waals surface area contributed by atoms with Crippen LogP contribution in [0.1, 0.15) is 17.9 Å². The standard InChI is InChI=1S/C18H20N4O3.CH4/c1-19-8-6-16(23)18-17(24)7-9-22(20-18)15-4-2-14(3-5-15)21-10-12-25-13-11-21;/h2-9,19H,10-13H2,1H3;1H4. The predicted octanol–water partition coefficient (Wildman–Crippen LogP) is 1.62. The zero-order chi connectivity index (χ0) is 17.6. The number of morpholine rings is 1. The Kier molecular flexibility index (Phi) is 6.68. The maximum atomic E-state index is 12.0. The molecule has 0 spiro atoms. The zero-order valence-corrected chi connectivity index (χ0v) is 14.0. The van der Waals surface area contributed by atoms with Crippen LogP contribution in [-0.2, 0) is 4.74 Å². The maximum Gasteiger partial charge on any atom is 0.211 e. The molecule has 0 aliphatic carbocycles. The molecule has 0 amide bonds. The molecule has 1 aliphatic rings. The number of nitrogens with one attached hydrogen (secondary N) is 1. The van der Waals surface area contributed by atoms with Gasteiger partial charge in [0.2, 0.25) is 11.2 Å². The molecular formula is C19H24N4O3. The molecule has 0 atom stereocenters. The van der Waals surface area contributed by atoms with Gasteiger partial charge in [0.1, 0.15) is 0 Å². The Morgan fingerprint density at radius 3 is 2.46 bits per heavy atom. The number of carbonyl (C=O) groups excluding carboxylic acids is 1. The second-order valence-corrected chi connectivity index (χ2v) is 5.58. The van der Waals surface area contributed by atoms with E-state index < -0.39 is 11.2 Å². The minimum atomic E-state index is -0.432. The van der Waals surface area contributed by atoms with Crippen LogP contribution in [0.4, 0.5) is 5.69 Å². The van der Waals surface area contributed by atoms with E-state index in [4.69, 9.17) is 4.74 Å². The summed E-state index contributed by atoms with van der Waals surface area (Å²) < 4.78 is 6.89. The molecule has 2 heterocycles. The summed E-state index contributed by atoms with van der Waals surface area (Å²) in [5.74, 6) is -0.432. The highest BCUT2D eigenvalue weighted by molar-refractivity contribution is 6.02. The number of carbonyl (C=O) groups is 1. The molecule has 1 saturated heterocycles. The van der Waals surface area contributed by atoms with Crippen LogP contribution in [0.5, 0.6) is 0 Å². The van der Waals surface area contributed by atoms with Crippen LogP contribution in [0.15, 0.2) is 53.6 Å². The number of hydrogen-bond acceptors (Lipinski definition) is 6. The Morgan fingerprint density at radius 2 is 1.81 bits per heavy atom. The minimum Gasteiger partial charge on any atom is -0.394 e. The molecule has 7 nitrogen and oxygen atoms in total. The number of ether oxygens (including phenoxy) is 1. The van der Waals surface area contributed by atoms with Gasteiger partial charge in [0.15, 0.2) is 5.69 Å². The van der Waals surface area contributed by atoms with Crippen LogP contribution < -0.4 is 15.6 Å². The van der Waals surface area contributed by atoms with Gasteiger partial charge in [-0.25, -0.2) is 4.68 Å². The van der Waals surface area contributed by atoms with Gasteiger partial charge in [-0.05, 0) is 24.3 Å². The number of nitrogens with zero attached hydrogens (tertiary/aromatic N) is 3. The molecule has 0 unspecified atom stereocenters. The Bertz CT molecular complexity index is 821. The SMILES string of the molecule is C.CNC=CC(=O)c1nn(-c2ccc(N3CCOCC3)cc2)ccc1=O. The van der Waals surface area contributed by atoms with E-state index in [-0.39, 0.29) is 13.1 Å². The number of benzene rings is 1. The molecule has 7 heteroatoms. The fourth-order valence-electron chi connectivity index (χ4n) is 2.60. The normalized spacial score (nSPS) is 14.1. The largest absolute Gasteiger partial charge is 0.394 e. The second kappa shape index (κ2) is 8.96. The van der Waals surface area contributed by atoms with E-state index in [9.17, 15) is 9.59 Å². The molecule has 1 aliphatic heterocycles. The molecule has 3 rings (SSSR count). The molecule has 138 valence electrons. The van der Waals surface area contributed by atoms with Crippen molar-refractivity contribution in [2.24, 2.45) is 0 Å². The van der Waals surface area contributed by atoms with E-state index in [1.54, 1.807) is 13.2 Å². The summed E-state index contributed by atoms with van der Waals surface area (Å²) in [6.45, 7) is 3.20. The van der Waals surface area contributed by atoms with Gasteiger partial charge >= 0.3 is 0 Å². The summed E-state index contributed by atoms with van der Waals surface area (Å²) in [6.07, 6.45) is 4.32. The summed E-state index contributed by atoms with van der Waals surface area (Å²) >= 11 is 0. The molecule has 0 radical (unpaired) electrons. The van der Waals surface area contributed by atoms with Crippen molar-refractivity contribution in [3.63, 3.8) is 0 Å². The first kappa shape index (κ1) is 19.4. The predicted molar refractivity (Wildman–Crippen MR) is 102 cm³/mol. The Morgan fingerprint density at radius 1 is 1.15 bits per heavy atom. The van der Waals surface area contributed by atoms with Gasteiger partial charge < -0.3 is 15.0 Å². The van der Waals surface area contributed by atoms with E-state index in [1.165, 1.54) is 23.0 Å². The lowest BCUT2D eigenvalue weighted by atomic mass is 10.2. The van der Waals surface area contributed by atoms with Crippen molar-refractivity contribution in [3.8, 4) is 5.69 Å². The van der Waals surface area contributed by atoms with Crippen molar-refractivity contribution in [2.45, 2.75) is 7.43 Å². The summed E-state index contributed by atoms with van der Waals surface area (Å²) in [4.78, 5) is 26.2. The quantitative estimate of drug-likeness (QED) is 0.648. The average molecular weight is 356 g/mol. The third-order valence-corrected chi connectivity index (χ3v) is 3.93. The van der Waals surface area contributed by atoms with Crippen molar-refractivity contribution >= 4 is 11.5 Å². The number of allylic oxidation sites excluding steroid dienone is 1. The highest BCUT2D eigenvalue weighted by Crippen LogP contribution is 2.18. The monoisotopic (exact) mass is 356 g/mol. The molecule has 1 N–H and O–H groups in total. The van der Waals surface area contributed by atoms with Gasteiger partial charge in [-0.3, -0.25) is 9.59 Å². The number of aromatic nitrogens is 2. The van der Waals surface area contributed by atoms with Crippen molar-refractivity contribution in [1.29, 1.82) is 0 Å². The lowest BCUT2D eigenvalue weighted by molar-refractivity contribution is 0.103. The van der Waals surface area contributed by atoms with Crippen LogP contribution in [0.25, 0.3) is 5.69 Å². The van der Waals surface area contributed by atoms with Gasteiger partial charge in [0, 0.05) is 50.4 Å². The molecular weight excluding hydrogens is 332 g/mol. The first-order valence-electron chi connectivity index (χ1n) is 8.10. The third-order valence-electron chi connectivity index (χ3n) is 3.93. The molecule has 2 aromatic rings. The van der Waals surface area contributed by atoms with Crippen LogP contribution in [-0.4, -0.2) is 48.9 Å². The Balaban J connectivity index is 0.00000243. The molecule has 26 heavy (non-hydrogen) atoms. The van der Waals surface area contributed by atoms with E-state index in [0.717, 1.165) is 37.7 Å². The molecule has 0 saturated carbocycles. The maximum absolute atomic E-state index is 12.0. The summed E-state index contributed by atoms with van der Waals surface area (Å²) in [5, 5.41) is 6.90. The average Bonchev–Trinajstić information content (AvgIpc) is 2.67. The lowest BCUT2D eigenvalue weighted by Crippen LogP contribution is -2.36. The summed E-state index contributed by atoms with van der Waals surface area (Å²) in [7, 11) is 1.68.